The normalized spacial score (nSPS) is 14.6. The van der Waals surface area contributed by atoms with E-state index in [4.69, 9.17) is 4.43 Å². The first kappa shape index (κ1) is 18.6. The van der Waals surface area contributed by atoms with Crippen LogP contribution in [-0.4, -0.2) is 20.3 Å². The first-order valence-corrected chi connectivity index (χ1v) is 12.0. The van der Waals surface area contributed by atoms with Crippen molar-refractivity contribution in [2.24, 2.45) is 4.99 Å². The molecule has 2 aromatic carbocycles. The van der Waals surface area contributed by atoms with Crippen molar-refractivity contribution in [3.8, 4) is 5.75 Å². The van der Waals surface area contributed by atoms with Crippen molar-refractivity contribution in [1.29, 1.82) is 0 Å². The van der Waals surface area contributed by atoms with Crippen LogP contribution in [0.2, 0.25) is 18.1 Å². The Morgan fingerprint density at radius 2 is 1.88 bits per heavy atom. The third-order valence-corrected chi connectivity index (χ3v) is 9.90. The summed E-state index contributed by atoms with van der Waals surface area (Å²) >= 11 is 0. The van der Waals surface area contributed by atoms with Gasteiger partial charge in [0.25, 0.3) is 0 Å². The molecule has 0 spiro atoms. The molecular weight excluding hydrogens is 338 g/mol. The van der Waals surface area contributed by atoms with E-state index in [0.717, 1.165) is 28.5 Å². The van der Waals surface area contributed by atoms with Crippen molar-refractivity contribution in [3.63, 3.8) is 0 Å². The Morgan fingerprint density at radius 1 is 1.15 bits per heavy atom. The molecule has 1 aliphatic heterocycles. The van der Waals surface area contributed by atoms with Crippen molar-refractivity contribution in [2.75, 3.05) is 0 Å². The molecule has 0 saturated carbocycles. The molecule has 0 aliphatic carbocycles. The summed E-state index contributed by atoms with van der Waals surface area (Å²) < 4.78 is 6.51. The van der Waals surface area contributed by atoms with Gasteiger partial charge < -0.3 is 4.43 Å². The van der Waals surface area contributed by atoms with Gasteiger partial charge in [-0.25, -0.2) is 0 Å². The molecule has 0 radical (unpaired) electrons. The maximum Gasteiger partial charge on any atom is 0.250 e. The monoisotopic (exact) mass is 365 g/mol. The van der Waals surface area contributed by atoms with Crippen LogP contribution < -0.4 is 4.43 Å². The number of allylic oxidation sites excluding steroid dienone is 2. The lowest BCUT2D eigenvalue weighted by atomic mass is 9.99. The molecule has 0 bridgehead atoms. The zero-order valence-electron chi connectivity index (χ0n) is 16.5. The molecular formula is C22H27NO2Si. The molecule has 1 aliphatic rings. The molecule has 136 valence electrons. The van der Waals surface area contributed by atoms with Crippen molar-refractivity contribution in [3.05, 3.63) is 53.2 Å². The second kappa shape index (κ2) is 6.51. The molecule has 3 nitrogen and oxygen atoms in total. The number of fused-ring (bicyclic) bond motifs is 1. The summed E-state index contributed by atoms with van der Waals surface area (Å²) in [5.41, 5.74) is 2.35. The number of rotatable bonds is 4. The third-order valence-electron chi connectivity index (χ3n) is 5.55. The molecule has 0 unspecified atom stereocenters. The van der Waals surface area contributed by atoms with E-state index in [1.165, 1.54) is 0 Å². The predicted octanol–water partition coefficient (Wildman–Crippen LogP) is 6.07. The van der Waals surface area contributed by atoms with Crippen LogP contribution in [0.4, 0.5) is 0 Å². The highest BCUT2D eigenvalue weighted by Crippen LogP contribution is 2.39. The molecule has 0 N–H and O–H groups in total. The van der Waals surface area contributed by atoms with Gasteiger partial charge in [-0.3, -0.25) is 9.79 Å². The number of nitrogens with zero attached hydrogens (tertiary/aromatic N) is 1. The van der Waals surface area contributed by atoms with E-state index >= 15 is 0 Å². The fourth-order valence-corrected chi connectivity index (χ4v) is 3.89. The minimum Gasteiger partial charge on any atom is -0.543 e. The van der Waals surface area contributed by atoms with Gasteiger partial charge in [0, 0.05) is 18.2 Å². The highest BCUT2D eigenvalue weighted by atomic mass is 28.4. The van der Waals surface area contributed by atoms with Gasteiger partial charge in [-0.15, -0.1) is 0 Å². The van der Waals surface area contributed by atoms with Gasteiger partial charge in [0.1, 0.15) is 11.4 Å². The van der Waals surface area contributed by atoms with Crippen LogP contribution in [0.5, 0.6) is 5.75 Å². The fourth-order valence-electron chi connectivity index (χ4n) is 2.81. The quantitative estimate of drug-likeness (QED) is 0.487. The number of Topliss-reactive ketones (excluding diaryl/α,β-unsaturated/α-hetero) is 1. The third kappa shape index (κ3) is 3.38. The summed E-state index contributed by atoms with van der Waals surface area (Å²) in [6.45, 7) is 13.3. The highest BCUT2D eigenvalue weighted by Gasteiger charge is 2.39. The fraction of sp³-hybridized carbons (Fsp3) is 0.364. The second-order valence-corrected chi connectivity index (χ2v) is 13.2. The summed E-state index contributed by atoms with van der Waals surface area (Å²) in [4.78, 5) is 16.7. The maximum absolute atomic E-state index is 12.5. The lowest BCUT2D eigenvalue weighted by Gasteiger charge is -2.37. The minimum absolute atomic E-state index is 0.0140. The van der Waals surface area contributed by atoms with E-state index in [1.54, 1.807) is 6.21 Å². The maximum atomic E-state index is 12.5. The van der Waals surface area contributed by atoms with Crippen molar-refractivity contribution in [2.45, 2.75) is 52.2 Å². The second-order valence-electron chi connectivity index (χ2n) is 8.45. The number of benzene rings is 2. The molecule has 26 heavy (non-hydrogen) atoms. The largest absolute Gasteiger partial charge is 0.543 e. The smallest absolute Gasteiger partial charge is 0.250 e. The van der Waals surface area contributed by atoms with E-state index in [-0.39, 0.29) is 10.8 Å². The first-order valence-electron chi connectivity index (χ1n) is 9.10. The van der Waals surface area contributed by atoms with E-state index in [2.05, 4.69) is 45.8 Å². The molecule has 3 rings (SSSR count). The minimum atomic E-state index is -1.89. The topological polar surface area (TPSA) is 38.7 Å². The van der Waals surface area contributed by atoms with Crippen molar-refractivity contribution < 1.29 is 9.22 Å². The van der Waals surface area contributed by atoms with Crippen LogP contribution in [0.1, 0.15) is 43.1 Å². The Morgan fingerprint density at radius 3 is 2.50 bits per heavy atom. The lowest BCUT2D eigenvalue weighted by molar-refractivity contribution is 0.103. The number of carbonyl (C=O) groups is 1. The highest BCUT2D eigenvalue weighted by molar-refractivity contribution is 6.74. The Balaban J connectivity index is 1.97. The molecule has 0 amide bonds. The number of hydrogen-bond acceptors (Lipinski definition) is 3. The van der Waals surface area contributed by atoms with E-state index in [1.807, 2.05) is 36.4 Å². The molecule has 4 heteroatoms. The van der Waals surface area contributed by atoms with Crippen LogP contribution in [0.25, 0.3) is 10.8 Å². The Kier molecular flexibility index (Phi) is 4.65. The molecule has 0 fully saturated rings. The number of carbonyl (C=O) groups excluding carboxylic acids is 1. The molecule has 2 aromatic rings. The van der Waals surface area contributed by atoms with Crippen molar-refractivity contribution >= 4 is 31.1 Å². The molecule has 0 aromatic heterocycles. The Hall–Kier alpha value is -2.20. The Labute approximate surface area is 156 Å². The van der Waals surface area contributed by atoms with E-state index in [0.29, 0.717) is 11.3 Å². The first-order chi connectivity index (χ1) is 12.1. The predicted molar refractivity (Wildman–Crippen MR) is 112 cm³/mol. The van der Waals surface area contributed by atoms with Crippen LogP contribution in [-0.2, 0) is 0 Å². The molecule has 0 atom stereocenters. The zero-order chi connectivity index (χ0) is 19.1. The lowest BCUT2D eigenvalue weighted by Crippen LogP contribution is -2.44. The van der Waals surface area contributed by atoms with E-state index in [9.17, 15) is 4.79 Å². The van der Waals surface area contributed by atoms with Gasteiger partial charge in [-0.1, -0.05) is 39.0 Å². The van der Waals surface area contributed by atoms with Gasteiger partial charge in [-0.05, 0) is 59.6 Å². The van der Waals surface area contributed by atoms with Crippen LogP contribution >= 0.6 is 0 Å². The average molecular weight is 366 g/mol. The van der Waals surface area contributed by atoms with Crippen molar-refractivity contribution in [1.82, 2.24) is 0 Å². The Bertz CT molecular complexity index is 933. The zero-order valence-corrected chi connectivity index (χ0v) is 17.5. The molecule has 0 saturated heterocycles. The number of aryl methyl sites for hydroxylation is 1. The SMILES string of the molecule is Cc1c(O[Si](C)(C)C(C)(C)C)ccc2cc(C(=O)C3=CCC=N3)ccc12. The van der Waals surface area contributed by atoms with Gasteiger partial charge in [-0.2, -0.15) is 0 Å². The summed E-state index contributed by atoms with van der Waals surface area (Å²) in [5.74, 6) is 0.936. The summed E-state index contributed by atoms with van der Waals surface area (Å²) in [7, 11) is -1.89. The van der Waals surface area contributed by atoms with Gasteiger partial charge >= 0.3 is 0 Å². The molecule has 1 heterocycles. The summed E-state index contributed by atoms with van der Waals surface area (Å²) in [6, 6.07) is 9.96. The van der Waals surface area contributed by atoms with E-state index < -0.39 is 8.32 Å². The number of ketones is 1. The summed E-state index contributed by atoms with van der Waals surface area (Å²) in [6.07, 6.45) is 4.37. The number of hydrogen-bond donors (Lipinski definition) is 0. The van der Waals surface area contributed by atoms with Gasteiger partial charge in [0.2, 0.25) is 14.1 Å². The standard InChI is InChI=1S/C22H27NO2Si/c1-15-18-11-9-17(21(24)19-8-7-13-23-19)14-16(18)10-12-20(15)25-26(5,6)22(2,3)4/h8-14H,7H2,1-6H3. The van der Waals surface area contributed by atoms with Gasteiger partial charge in [0.05, 0.1) is 0 Å². The van der Waals surface area contributed by atoms with Crippen LogP contribution in [0, 0.1) is 6.92 Å². The average Bonchev–Trinajstić information content (AvgIpc) is 3.10. The van der Waals surface area contributed by atoms with Gasteiger partial charge in [0.15, 0.2) is 0 Å². The summed E-state index contributed by atoms with van der Waals surface area (Å²) in [5, 5.41) is 2.33. The number of aliphatic imine (C=N–C) groups is 1. The van der Waals surface area contributed by atoms with Crippen LogP contribution in [0.15, 0.2) is 47.1 Å². The van der Waals surface area contributed by atoms with Crippen LogP contribution in [0.3, 0.4) is 0 Å².